The fraction of sp³-hybridized carbons (Fsp3) is 0.462. The molecule has 0 saturated carbocycles. The maximum Gasteiger partial charge on any atom is 0.309 e. The van der Waals surface area contributed by atoms with Crippen LogP contribution in [0, 0.1) is 5.92 Å². The van der Waals surface area contributed by atoms with Gasteiger partial charge in [0.15, 0.2) is 0 Å². The number of hydrogen-bond acceptors (Lipinski definition) is 5. The van der Waals surface area contributed by atoms with Crippen molar-refractivity contribution in [2.24, 2.45) is 5.92 Å². The number of halogens is 1. The van der Waals surface area contributed by atoms with E-state index < -0.39 is 0 Å². The minimum absolute atomic E-state index is 0.180. The lowest BCUT2D eigenvalue weighted by molar-refractivity contribution is -0.145. The average Bonchev–Trinajstić information content (AvgIpc) is 2.40. The number of ether oxygens (including phenoxy) is 1. The molecule has 1 heterocycles. The average molecular weight is 344 g/mol. The number of anilines is 1. The van der Waals surface area contributed by atoms with Crippen molar-refractivity contribution in [2.45, 2.75) is 6.92 Å². The van der Waals surface area contributed by atoms with Gasteiger partial charge in [-0.15, -0.1) is 0 Å². The Labute approximate surface area is 126 Å². The van der Waals surface area contributed by atoms with Gasteiger partial charge in [0, 0.05) is 17.2 Å². The van der Waals surface area contributed by atoms with Gasteiger partial charge in [-0.1, -0.05) is 6.92 Å². The summed E-state index contributed by atoms with van der Waals surface area (Å²) in [5, 5.41) is 2.69. The molecule has 1 N–H and O–H groups in total. The molecule has 6 nitrogen and oxygen atoms in total. The van der Waals surface area contributed by atoms with Crippen LogP contribution < -0.4 is 5.32 Å². The van der Waals surface area contributed by atoms with Crippen molar-refractivity contribution in [3.8, 4) is 0 Å². The first-order valence-corrected chi connectivity index (χ1v) is 6.89. The van der Waals surface area contributed by atoms with Crippen LogP contribution in [0.5, 0.6) is 0 Å². The zero-order valence-electron chi connectivity index (χ0n) is 11.7. The van der Waals surface area contributed by atoms with Crippen LogP contribution in [-0.4, -0.2) is 49.0 Å². The molecule has 20 heavy (non-hydrogen) atoms. The summed E-state index contributed by atoms with van der Waals surface area (Å²) in [5.74, 6) is -0.248. The van der Waals surface area contributed by atoms with Crippen LogP contribution in [0.15, 0.2) is 22.8 Å². The molecule has 0 fully saturated rings. The van der Waals surface area contributed by atoms with Crippen LogP contribution in [0.3, 0.4) is 0 Å². The van der Waals surface area contributed by atoms with E-state index in [1.165, 1.54) is 7.11 Å². The molecule has 7 heteroatoms. The van der Waals surface area contributed by atoms with Crippen molar-refractivity contribution in [3.63, 3.8) is 0 Å². The summed E-state index contributed by atoms with van der Waals surface area (Å²) in [7, 11) is 3.12. The lowest BCUT2D eigenvalue weighted by Gasteiger charge is -2.19. The highest BCUT2D eigenvalue weighted by Crippen LogP contribution is 2.10. The van der Waals surface area contributed by atoms with E-state index in [1.54, 1.807) is 37.2 Å². The van der Waals surface area contributed by atoms with Crippen LogP contribution in [0.1, 0.15) is 6.92 Å². The monoisotopic (exact) mass is 343 g/mol. The fourth-order valence-electron chi connectivity index (χ4n) is 1.69. The summed E-state index contributed by atoms with van der Waals surface area (Å²) in [6.45, 7) is 2.39. The summed E-state index contributed by atoms with van der Waals surface area (Å²) in [4.78, 5) is 28.9. The fourth-order valence-corrected chi connectivity index (χ4v) is 1.92. The lowest BCUT2D eigenvalue weighted by atomic mass is 10.2. The largest absolute Gasteiger partial charge is 0.469 e. The number of methoxy groups -OCH3 is 1. The van der Waals surface area contributed by atoms with Crippen molar-refractivity contribution >= 4 is 33.6 Å². The quantitative estimate of drug-likeness (QED) is 0.793. The minimum Gasteiger partial charge on any atom is -0.469 e. The second kappa shape index (κ2) is 7.96. The zero-order valence-corrected chi connectivity index (χ0v) is 13.3. The van der Waals surface area contributed by atoms with Crippen molar-refractivity contribution in [3.05, 3.63) is 22.8 Å². The second-order valence-electron chi connectivity index (χ2n) is 4.53. The number of likely N-dealkylation sites (N-methyl/N-ethyl adjacent to an activating group) is 1. The van der Waals surface area contributed by atoms with Crippen LogP contribution in [0.2, 0.25) is 0 Å². The van der Waals surface area contributed by atoms with Gasteiger partial charge in [-0.25, -0.2) is 4.98 Å². The smallest absolute Gasteiger partial charge is 0.309 e. The summed E-state index contributed by atoms with van der Waals surface area (Å²) in [5.41, 5.74) is 0. The zero-order chi connectivity index (χ0) is 15.1. The Morgan fingerprint density at radius 2 is 2.20 bits per heavy atom. The molecule has 110 valence electrons. The Kier molecular flexibility index (Phi) is 6.60. The van der Waals surface area contributed by atoms with E-state index in [9.17, 15) is 9.59 Å². The van der Waals surface area contributed by atoms with Crippen LogP contribution in [0.25, 0.3) is 0 Å². The van der Waals surface area contributed by atoms with E-state index in [2.05, 4.69) is 31.0 Å². The van der Waals surface area contributed by atoms with Crippen molar-refractivity contribution in [2.75, 3.05) is 32.6 Å². The summed E-state index contributed by atoms with van der Waals surface area (Å²) < 4.78 is 5.49. The normalized spacial score (nSPS) is 12.1. The van der Waals surface area contributed by atoms with Crippen LogP contribution in [-0.2, 0) is 14.3 Å². The number of carbonyl (C=O) groups is 2. The van der Waals surface area contributed by atoms with Gasteiger partial charge in [0.05, 0.1) is 19.6 Å². The van der Waals surface area contributed by atoms with E-state index in [0.717, 1.165) is 4.47 Å². The predicted molar refractivity (Wildman–Crippen MR) is 79.2 cm³/mol. The molecule has 0 saturated heterocycles. The number of esters is 1. The Hall–Kier alpha value is -1.47. The van der Waals surface area contributed by atoms with Gasteiger partial charge in [-0.05, 0) is 35.1 Å². The SMILES string of the molecule is COC(=O)C(C)CN(C)CC(=O)Nc1ccc(Br)cn1. The molecular weight excluding hydrogens is 326 g/mol. The van der Waals surface area contributed by atoms with Crippen LogP contribution >= 0.6 is 15.9 Å². The first-order valence-electron chi connectivity index (χ1n) is 6.10. The highest BCUT2D eigenvalue weighted by molar-refractivity contribution is 9.10. The first-order chi connectivity index (χ1) is 9.42. The highest BCUT2D eigenvalue weighted by atomic mass is 79.9. The number of nitrogens with zero attached hydrogens (tertiary/aromatic N) is 2. The Bertz CT molecular complexity index is 464. The third kappa shape index (κ3) is 5.66. The Morgan fingerprint density at radius 1 is 1.50 bits per heavy atom. The van der Waals surface area contributed by atoms with Gasteiger partial charge in [0.2, 0.25) is 5.91 Å². The molecule has 0 aliphatic carbocycles. The summed E-state index contributed by atoms with van der Waals surface area (Å²) in [6, 6.07) is 3.50. The lowest BCUT2D eigenvalue weighted by Crippen LogP contribution is -2.35. The Balaban J connectivity index is 2.41. The van der Waals surface area contributed by atoms with E-state index in [-0.39, 0.29) is 24.3 Å². The van der Waals surface area contributed by atoms with Gasteiger partial charge >= 0.3 is 5.97 Å². The molecular formula is C13H18BrN3O3. The topological polar surface area (TPSA) is 71.5 Å². The van der Waals surface area contributed by atoms with Gasteiger partial charge in [0.1, 0.15) is 5.82 Å². The van der Waals surface area contributed by atoms with Gasteiger partial charge in [0.25, 0.3) is 0 Å². The third-order valence-electron chi connectivity index (χ3n) is 2.60. The maximum absolute atomic E-state index is 11.8. The molecule has 1 aromatic rings. The minimum atomic E-state index is -0.285. The summed E-state index contributed by atoms with van der Waals surface area (Å²) >= 11 is 3.27. The number of nitrogens with one attached hydrogen (secondary N) is 1. The number of aromatic nitrogens is 1. The predicted octanol–water partition coefficient (Wildman–Crippen LogP) is 1.52. The van der Waals surface area contributed by atoms with Crippen molar-refractivity contribution in [1.29, 1.82) is 0 Å². The first kappa shape index (κ1) is 16.6. The highest BCUT2D eigenvalue weighted by Gasteiger charge is 2.17. The van der Waals surface area contributed by atoms with E-state index in [1.807, 2.05) is 0 Å². The van der Waals surface area contributed by atoms with Gasteiger partial charge < -0.3 is 10.1 Å². The van der Waals surface area contributed by atoms with Crippen LogP contribution in [0.4, 0.5) is 5.82 Å². The molecule has 0 spiro atoms. The molecule has 0 bridgehead atoms. The number of hydrogen-bond donors (Lipinski definition) is 1. The third-order valence-corrected chi connectivity index (χ3v) is 3.07. The molecule has 0 aromatic carbocycles. The molecule has 1 aromatic heterocycles. The second-order valence-corrected chi connectivity index (χ2v) is 5.45. The number of pyridine rings is 1. The van der Waals surface area contributed by atoms with Crippen molar-refractivity contribution < 1.29 is 14.3 Å². The van der Waals surface area contributed by atoms with Crippen molar-refractivity contribution in [1.82, 2.24) is 9.88 Å². The molecule has 1 amide bonds. The number of carbonyl (C=O) groups excluding carboxylic acids is 2. The Morgan fingerprint density at radius 3 is 2.75 bits per heavy atom. The number of rotatable bonds is 6. The molecule has 1 atom stereocenters. The van der Waals surface area contributed by atoms with Gasteiger partial charge in [-0.3, -0.25) is 14.5 Å². The van der Waals surface area contributed by atoms with E-state index in [0.29, 0.717) is 12.4 Å². The van der Waals surface area contributed by atoms with Gasteiger partial charge in [-0.2, -0.15) is 0 Å². The van der Waals surface area contributed by atoms with E-state index >= 15 is 0 Å². The molecule has 0 aliphatic rings. The van der Waals surface area contributed by atoms with E-state index in [4.69, 9.17) is 0 Å². The molecule has 0 aliphatic heterocycles. The maximum atomic E-state index is 11.8. The molecule has 0 radical (unpaired) electrons. The molecule has 1 unspecified atom stereocenters. The molecule has 1 rings (SSSR count). The summed E-state index contributed by atoms with van der Waals surface area (Å²) in [6.07, 6.45) is 1.61. The number of amides is 1. The standard InChI is InChI=1S/C13H18BrN3O3/c1-9(13(19)20-3)7-17(2)8-12(18)16-11-5-4-10(14)6-15-11/h4-6,9H,7-8H2,1-3H3,(H,15,16,18).